The Morgan fingerprint density at radius 1 is 1.29 bits per heavy atom. The molecule has 0 fully saturated rings. The summed E-state index contributed by atoms with van der Waals surface area (Å²) in [6.07, 6.45) is 0. The number of anilines is 2. The molecule has 0 aromatic heterocycles. The molecule has 1 aromatic rings. The normalized spacial score (nSPS) is 20.3. The van der Waals surface area contributed by atoms with Gasteiger partial charge >= 0.3 is 0 Å². The minimum atomic E-state index is 0.537. The molecule has 1 aliphatic rings. The quantitative estimate of drug-likeness (QED) is 0.676. The molecule has 14 heavy (non-hydrogen) atoms. The molecule has 0 bridgehead atoms. The Kier molecular flexibility index (Phi) is 2.14. The van der Waals surface area contributed by atoms with Crippen molar-refractivity contribution in [3.63, 3.8) is 0 Å². The van der Waals surface area contributed by atoms with Gasteiger partial charge in [0.1, 0.15) is 0 Å². The number of likely N-dealkylation sites (N-methyl/N-ethyl adjacent to an activating group) is 1. The van der Waals surface area contributed by atoms with Gasteiger partial charge in [0, 0.05) is 19.6 Å². The summed E-state index contributed by atoms with van der Waals surface area (Å²) >= 11 is 0. The van der Waals surface area contributed by atoms with Gasteiger partial charge in [0.2, 0.25) is 0 Å². The van der Waals surface area contributed by atoms with Crippen molar-refractivity contribution in [3.8, 4) is 0 Å². The molecule has 1 unspecified atom stereocenters. The molecule has 1 atom stereocenters. The fourth-order valence-electron chi connectivity index (χ4n) is 2.05. The average molecular weight is 190 g/mol. The van der Waals surface area contributed by atoms with Crippen molar-refractivity contribution >= 4 is 11.4 Å². The summed E-state index contributed by atoms with van der Waals surface area (Å²) in [5.74, 6) is 0. The van der Waals surface area contributed by atoms with Crippen molar-refractivity contribution in [2.75, 3.05) is 23.8 Å². The molecule has 0 saturated carbocycles. The van der Waals surface area contributed by atoms with Gasteiger partial charge < -0.3 is 10.2 Å². The predicted molar refractivity (Wildman–Crippen MR) is 62.3 cm³/mol. The molecule has 0 aliphatic carbocycles. The summed E-state index contributed by atoms with van der Waals surface area (Å²) in [6.45, 7) is 7.63. The van der Waals surface area contributed by atoms with Gasteiger partial charge in [0.25, 0.3) is 0 Å². The third-order valence-corrected chi connectivity index (χ3v) is 2.97. The molecule has 1 N–H and O–H groups in total. The molecule has 0 saturated heterocycles. The number of benzene rings is 1. The molecule has 2 nitrogen and oxygen atoms in total. The summed E-state index contributed by atoms with van der Waals surface area (Å²) in [5, 5.41) is 3.52. The van der Waals surface area contributed by atoms with Crippen LogP contribution in [0.1, 0.15) is 18.1 Å². The summed E-state index contributed by atoms with van der Waals surface area (Å²) < 4.78 is 0. The van der Waals surface area contributed by atoms with Crippen LogP contribution in [0.2, 0.25) is 0 Å². The molecular formula is C12H18N2. The van der Waals surface area contributed by atoms with Crippen molar-refractivity contribution in [1.29, 1.82) is 0 Å². The smallest absolute Gasteiger partial charge is 0.0603 e. The number of aryl methyl sites for hydroxylation is 2. The Morgan fingerprint density at radius 2 is 1.93 bits per heavy atom. The third kappa shape index (κ3) is 1.45. The summed E-state index contributed by atoms with van der Waals surface area (Å²) in [6, 6.07) is 5.05. The van der Waals surface area contributed by atoms with E-state index in [0.717, 1.165) is 6.54 Å². The van der Waals surface area contributed by atoms with Crippen molar-refractivity contribution < 1.29 is 0 Å². The van der Waals surface area contributed by atoms with Crippen LogP contribution in [-0.4, -0.2) is 19.6 Å². The first kappa shape index (κ1) is 9.38. The van der Waals surface area contributed by atoms with E-state index in [0.29, 0.717) is 6.04 Å². The van der Waals surface area contributed by atoms with Crippen LogP contribution in [-0.2, 0) is 0 Å². The van der Waals surface area contributed by atoms with Gasteiger partial charge in [-0.25, -0.2) is 0 Å². The van der Waals surface area contributed by atoms with Crippen LogP contribution in [0.4, 0.5) is 11.4 Å². The van der Waals surface area contributed by atoms with Crippen LogP contribution in [0.15, 0.2) is 12.1 Å². The van der Waals surface area contributed by atoms with Crippen molar-refractivity contribution in [2.24, 2.45) is 0 Å². The van der Waals surface area contributed by atoms with Crippen molar-refractivity contribution in [1.82, 2.24) is 0 Å². The average Bonchev–Trinajstić information content (AvgIpc) is 2.08. The van der Waals surface area contributed by atoms with Gasteiger partial charge in [0.05, 0.1) is 11.4 Å². The van der Waals surface area contributed by atoms with Crippen LogP contribution < -0.4 is 10.2 Å². The molecule has 0 radical (unpaired) electrons. The maximum atomic E-state index is 3.52. The lowest BCUT2D eigenvalue weighted by molar-refractivity contribution is 0.737. The predicted octanol–water partition coefficient (Wildman–Crippen LogP) is 2.55. The highest BCUT2D eigenvalue weighted by Crippen LogP contribution is 2.32. The summed E-state index contributed by atoms with van der Waals surface area (Å²) in [4.78, 5) is 2.32. The molecule has 2 heteroatoms. The lowest BCUT2D eigenvalue weighted by atomic mass is 10.0. The standard InChI is InChI=1S/C12H18N2/c1-8-5-11-12(6-9(8)2)14(4)7-10(3)13-11/h5-6,10,13H,7H2,1-4H3. The van der Waals surface area contributed by atoms with E-state index in [1.165, 1.54) is 22.5 Å². The molecule has 1 aromatic carbocycles. The highest BCUT2D eigenvalue weighted by atomic mass is 15.2. The van der Waals surface area contributed by atoms with E-state index in [9.17, 15) is 0 Å². The summed E-state index contributed by atoms with van der Waals surface area (Å²) in [7, 11) is 2.16. The highest BCUT2D eigenvalue weighted by Gasteiger charge is 2.18. The monoisotopic (exact) mass is 190 g/mol. The number of hydrogen-bond donors (Lipinski definition) is 1. The fourth-order valence-corrected chi connectivity index (χ4v) is 2.05. The van der Waals surface area contributed by atoms with Gasteiger partial charge in [0.15, 0.2) is 0 Å². The first-order valence-corrected chi connectivity index (χ1v) is 5.17. The van der Waals surface area contributed by atoms with Gasteiger partial charge in [-0.05, 0) is 44.0 Å². The van der Waals surface area contributed by atoms with E-state index < -0.39 is 0 Å². The molecule has 0 amide bonds. The lowest BCUT2D eigenvalue weighted by Gasteiger charge is -2.33. The first-order chi connectivity index (χ1) is 6.58. The largest absolute Gasteiger partial charge is 0.379 e. The topological polar surface area (TPSA) is 15.3 Å². The van der Waals surface area contributed by atoms with E-state index in [4.69, 9.17) is 0 Å². The van der Waals surface area contributed by atoms with Crippen molar-refractivity contribution in [3.05, 3.63) is 23.3 Å². The highest BCUT2D eigenvalue weighted by molar-refractivity contribution is 5.74. The van der Waals surface area contributed by atoms with Gasteiger partial charge in [-0.15, -0.1) is 0 Å². The second-order valence-corrected chi connectivity index (χ2v) is 4.38. The maximum absolute atomic E-state index is 3.52. The van der Waals surface area contributed by atoms with Gasteiger partial charge in [-0.3, -0.25) is 0 Å². The minimum Gasteiger partial charge on any atom is -0.379 e. The number of nitrogens with zero attached hydrogens (tertiary/aromatic N) is 1. The maximum Gasteiger partial charge on any atom is 0.0603 e. The fraction of sp³-hybridized carbons (Fsp3) is 0.500. The Morgan fingerprint density at radius 3 is 2.64 bits per heavy atom. The molecule has 1 aliphatic heterocycles. The number of fused-ring (bicyclic) bond motifs is 1. The van der Waals surface area contributed by atoms with E-state index in [1.54, 1.807) is 0 Å². The molecule has 76 valence electrons. The Balaban J connectivity index is 2.49. The van der Waals surface area contributed by atoms with Gasteiger partial charge in [-0.1, -0.05) is 0 Å². The van der Waals surface area contributed by atoms with E-state index >= 15 is 0 Å². The molecule has 1 heterocycles. The second kappa shape index (κ2) is 3.19. The number of hydrogen-bond acceptors (Lipinski definition) is 2. The third-order valence-electron chi connectivity index (χ3n) is 2.97. The zero-order valence-electron chi connectivity index (χ0n) is 9.39. The molecule has 2 rings (SSSR count). The number of nitrogens with one attached hydrogen (secondary N) is 1. The van der Waals surface area contributed by atoms with Crippen LogP contribution in [0.5, 0.6) is 0 Å². The summed E-state index contributed by atoms with van der Waals surface area (Å²) in [5.41, 5.74) is 5.33. The second-order valence-electron chi connectivity index (χ2n) is 4.38. The molecule has 0 spiro atoms. The zero-order chi connectivity index (χ0) is 10.3. The Labute approximate surface area is 85.9 Å². The van der Waals surface area contributed by atoms with E-state index in [-0.39, 0.29) is 0 Å². The Hall–Kier alpha value is -1.18. The van der Waals surface area contributed by atoms with Crippen LogP contribution in [0, 0.1) is 13.8 Å². The molecular weight excluding hydrogens is 172 g/mol. The van der Waals surface area contributed by atoms with E-state index in [2.05, 4.69) is 50.2 Å². The lowest BCUT2D eigenvalue weighted by Crippen LogP contribution is -2.37. The van der Waals surface area contributed by atoms with Crippen LogP contribution in [0.25, 0.3) is 0 Å². The first-order valence-electron chi connectivity index (χ1n) is 5.17. The zero-order valence-corrected chi connectivity index (χ0v) is 9.39. The van der Waals surface area contributed by atoms with Crippen molar-refractivity contribution in [2.45, 2.75) is 26.8 Å². The number of rotatable bonds is 0. The van der Waals surface area contributed by atoms with Crippen LogP contribution in [0.3, 0.4) is 0 Å². The minimum absolute atomic E-state index is 0.537. The SMILES string of the molecule is Cc1cc2c(cc1C)N(C)CC(C)N2. The van der Waals surface area contributed by atoms with Gasteiger partial charge in [-0.2, -0.15) is 0 Å². The van der Waals surface area contributed by atoms with E-state index in [1.807, 2.05) is 0 Å². The Bertz CT molecular complexity index is 358. The van der Waals surface area contributed by atoms with Crippen LogP contribution >= 0.6 is 0 Å².